The van der Waals surface area contributed by atoms with Gasteiger partial charge >= 0.3 is 0 Å². The highest BCUT2D eigenvalue weighted by Crippen LogP contribution is 2.35. The second kappa shape index (κ2) is 7.14. The highest BCUT2D eigenvalue weighted by atomic mass is 79.9. The maximum Gasteiger partial charge on any atom is 0.150 e. The molecule has 0 saturated carbocycles. The molecular weight excluding hydrogens is 356 g/mol. The molecule has 5 heteroatoms. The van der Waals surface area contributed by atoms with Crippen molar-refractivity contribution < 1.29 is 9.53 Å². The maximum atomic E-state index is 10.7. The largest absolute Gasteiger partial charge is 0.356 e. The topological polar surface area (TPSA) is 44.1 Å². The van der Waals surface area contributed by atoms with Gasteiger partial charge in [0, 0.05) is 22.9 Å². The van der Waals surface area contributed by atoms with Crippen LogP contribution >= 0.6 is 15.9 Å². The SMILES string of the molecule is Cc1cc2c(cnn2C2CCCCO2)c(Br)c1CC(C)CC=O. The zero-order valence-electron chi connectivity index (χ0n) is 13.7. The van der Waals surface area contributed by atoms with Gasteiger partial charge in [0.15, 0.2) is 6.23 Å². The zero-order valence-corrected chi connectivity index (χ0v) is 15.3. The lowest BCUT2D eigenvalue weighted by Gasteiger charge is -2.24. The van der Waals surface area contributed by atoms with Crippen molar-refractivity contribution >= 4 is 33.1 Å². The van der Waals surface area contributed by atoms with E-state index in [0.717, 1.165) is 47.5 Å². The molecular formula is C18H23BrN2O2. The average molecular weight is 379 g/mol. The van der Waals surface area contributed by atoms with E-state index in [1.807, 2.05) is 10.9 Å². The van der Waals surface area contributed by atoms with Gasteiger partial charge in [-0.25, -0.2) is 4.68 Å². The monoisotopic (exact) mass is 378 g/mol. The molecule has 0 spiro atoms. The van der Waals surface area contributed by atoms with Crippen molar-refractivity contribution in [2.24, 2.45) is 5.92 Å². The molecule has 0 aliphatic carbocycles. The fourth-order valence-electron chi connectivity index (χ4n) is 3.31. The smallest absolute Gasteiger partial charge is 0.150 e. The molecule has 1 aliphatic heterocycles. The van der Waals surface area contributed by atoms with Gasteiger partial charge in [0.25, 0.3) is 0 Å². The van der Waals surface area contributed by atoms with Gasteiger partial charge in [-0.1, -0.05) is 6.92 Å². The number of carbonyl (C=O) groups is 1. The quantitative estimate of drug-likeness (QED) is 0.715. The van der Waals surface area contributed by atoms with Crippen LogP contribution in [-0.2, 0) is 16.0 Å². The normalized spacial score (nSPS) is 19.9. The number of hydrogen-bond acceptors (Lipinski definition) is 3. The summed E-state index contributed by atoms with van der Waals surface area (Å²) in [4.78, 5) is 10.7. The van der Waals surface area contributed by atoms with Crippen molar-refractivity contribution in [2.45, 2.75) is 52.2 Å². The van der Waals surface area contributed by atoms with Crippen molar-refractivity contribution in [3.8, 4) is 0 Å². The Hall–Kier alpha value is -1.20. The molecule has 0 radical (unpaired) electrons. The summed E-state index contributed by atoms with van der Waals surface area (Å²) in [5, 5.41) is 5.71. The van der Waals surface area contributed by atoms with Crippen LogP contribution < -0.4 is 0 Å². The molecule has 0 N–H and O–H groups in total. The van der Waals surface area contributed by atoms with Crippen LogP contribution in [-0.4, -0.2) is 22.7 Å². The van der Waals surface area contributed by atoms with E-state index >= 15 is 0 Å². The van der Waals surface area contributed by atoms with Gasteiger partial charge in [0.05, 0.1) is 11.7 Å². The Kier molecular flexibility index (Phi) is 5.17. The lowest BCUT2D eigenvalue weighted by molar-refractivity contribution is -0.108. The van der Waals surface area contributed by atoms with E-state index in [4.69, 9.17) is 4.74 Å². The summed E-state index contributed by atoms with van der Waals surface area (Å²) in [6.07, 6.45) is 7.81. The summed E-state index contributed by atoms with van der Waals surface area (Å²) in [5.74, 6) is 0.344. The van der Waals surface area contributed by atoms with Crippen molar-refractivity contribution in [3.63, 3.8) is 0 Å². The lowest BCUT2D eigenvalue weighted by Crippen LogP contribution is -2.19. The van der Waals surface area contributed by atoms with E-state index in [0.29, 0.717) is 12.3 Å². The summed E-state index contributed by atoms with van der Waals surface area (Å²) < 4.78 is 9.01. The second-order valence-corrected chi connectivity index (χ2v) is 7.33. The maximum absolute atomic E-state index is 10.7. The predicted octanol–water partition coefficient (Wildman–Crippen LogP) is 4.57. The van der Waals surface area contributed by atoms with Crippen LogP contribution in [0.1, 0.15) is 50.0 Å². The van der Waals surface area contributed by atoms with Gasteiger partial charge in [-0.15, -0.1) is 0 Å². The molecule has 0 bridgehead atoms. The summed E-state index contributed by atoms with van der Waals surface area (Å²) in [6, 6.07) is 2.20. The number of fused-ring (bicyclic) bond motifs is 1. The second-order valence-electron chi connectivity index (χ2n) is 6.54. The van der Waals surface area contributed by atoms with Crippen LogP contribution in [0.5, 0.6) is 0 Å². The standard InChI is InChI=1S/C18H23BrN2O2/c1-12(6-7-22)9-14-13(2)10-16-15(18(14)19)11-20-21(16)17-5-3-4-8-23-17/h7,10-12,17H,3-6,8-9H2,1-2H3. The van der Waals surface area contributed by atoms with Crippen LogP contribution in [0.4, 0.5) is 0 Å². The lowest BCUT2D eigenvalue weighted by atomic mass is 9.94. The molecule has 3 rings (SSSR count). The Balaban J connectivity index is 1.98. The number of aryl methyl sites for hydroxylation is 1. The molecule has 1 saturated heterocycles. The van der Waals surface area contributed by atoms with Crippen LogP contribution in [0.3, 0.4) is 0 Å². The van der Waals surface area contributed by atoms with E-state index in [-0.39, 0.29) is 6.23 Å². The minimum Gasteiger partial charge on any atom is -0.356 e. The summed E-state index contributed by atoms with van der Waals surface area (Å²) in [7, 11) is 0. The number of aldehydes is 1. The molecule has 1 aromatic carbocycles. The van der Waals surface area contributed by atoms with Crippen molar-refractivity contribution in [1.29, 1.82) is 0 Å². The van der Waals surface area contributed by atoms with Crippen molar-refractivity contribution in [1.82, 2.24) is 9.78 Å². The number of carbonyl (C=O) groups excluding carboxylic acids is 1. The Bertz CT molecular complexity index is 705. The Morgan fingerprint density at radius 2 is 2.35 bits per heavy atom. The van der Waals surface area contributed by atoms with Gasteiger partial charge in [0.1, 0.15) is 6.29 Å². The molecule has 1 aromatic heterocycles. The first-order valence-electron chi connectivity index (χ1n) is 8.32. The van der Waals surface area contributed by atoms with Gasteiger partial charge in [-0.2, -0.15) is 5.10 Å². The predicted molar refractivity (Wildman–Crippen MR) is 94.6 cm³/mol. The molecule has 2 unspecified atom stereocenters. The molecule has 1 aliphatic rings. The fourth-order valence-corrected chi connectivity index (χ4v) is 4.09. The Morgan fingerprint density at radius 1 is 1.52 bits per heavy atom. The Labute approximate surface area is 145 Å². The molecule has 124 valence electrons. The van der Waals surface area contributed by atoms with E-state index in [1.54, 1.807) is 0 Å². The summed E-state index contributed by atoms with van der Waals surface area (Å²) in [6.45, 7) is 5.06. The first kappa shape index (κ1) is 16.7. The summed E-state index contributed by atoms with van der Waals surface area (Å²) in [5.41, 5.74) is 3.63. The number of rotatable bonds is 5. The number of halogens is 1. The number of nitrogens with zero attached hydrogens (tertiary/aromatic N) is 2. The molecule has 4 nitrogen and oxygen atoms in total. The third-order valence-corrected chi connectivity index (χ3v) is 5.55. The molecule has 2 heterocycles. The van der Waals surface area contributed by atoms with Gasteiger partial charge in [0.2, 0.25) is 0 Å². The summed E-state index contributed by atoms with van der Waals surface area (Å²) >= 11 is 3.77. The van der Waals surface area contributed by atoms with Crippen molar-refractivity contribution in [3.05, 3.63) is 27.9 Å². The van der Waals surface area contributed by atoms with Gasteiger partial charge in [-0.05, 0) is 71.6 Å². The van der Waals surface area contributed by atoms with E-state index in [2.05, 4.69) is 40.9 Å². The van der Waals surface area contributed by atoms with Crippen LogP contribution in [0.25, 0.3) is 10.9 Å². The number of benzene rings is 1. The molecule has 23 heavy (non-hydrogen) atoms. The molecule has 2 atom stereocenters. The molecule has 0 amide bonds. The van der Waals surface area contributed by atoms with Crippen LogP contribution in [0, 0.1) is 12.8 Å². The average Bonchev–Trinajstić information content (AvgIpc) is 2.96. The highest BCUT2D eigenvalue weighted by Gasteiger charge is 2.21. The number of ether oxygens (including phenoxy) is 1. The van der Waals surface area contributed by atoms with Gasteiger partial charge in [-0.3, -0.25) is 0 Å². The highest BCUT2D eigenvalue weighted by molar-refractivity contribution is 9.10. The van der Waals surface area contributed by atoms with Gasteiger partial charge < -0.3 is 9.53 Å². The molecule has 2 aromatic rings. The fraction of sp³-hybridized carbons (Fsp3) is 0.556. The number of hydrogen-bond donors (Lipinski definition) is 0. The van der Waals surface area contributed by atoms with E-state index in [1.165, 1.54) is 17.5 Å². The minimum atomic E-state index is 0.0485. The zero-order chi connectivity index (χ0) is 16.4. The van der Waals surface area contributed by atoms with Crippen LogP contribution in [0.2, 0.25) is 0 Å². The Morgan fingerprint density at radius 3 is 3.04 bits per heavy atom. The minimum absolute atomic E-state index is 0.0485. The van der Waals surface area contributed by atoms with E-state index in [9.17, 15) is 4.79 Å². The van der Waals surface area contributed by atoms with E-state index < -0.39 is 0 Å². The van der Waals surface area contributed by atoms with Crippen LogP contribution in [0.15, 0.2) is 16.7 Å². The number of aromatic nitrogens is 2. The first-order chi connectivity index (χ1) is 11.1. The third kappa shape index (κ3) is 3.36. The third-order valence-electron chi connectivity index (χ3n) is 4.64. The van der Waals surface area contributed by atoms with Crippen molar-refractivity contribution in [2.75, 3.05) is 6.61 Å². The molecule has 1 fully saturated rings. The first-order valence-corrected chi connectivity index (χ1v) is 9.11.